The van der Waals surface area contributed by atoms with E-state index in [0.717, 1.165) is 6.08 Å². The lowest BCUT2D eigenvalue weighted by atomic mass is 10.1. The Morgan fingerprint density at radius 3 is 1.57 bits per heavy atom. The van der Waals surface area contributed by atoms with Gasteiger partial charge in [-0.2, -0.15) is 0 Å². The van der Waals surface area contributed by atoms with Gasteiger partial charge >= 0.3 is 17.9 Å². The zero-order chi connectivity index (χ0) is 11.1. The zero-order valence-electron chi connectivity index (χ0n) is 7.27. The van der Waals surface area contributed by atoms with E-state index in [0.29, 0.717) is 0 Å². The van der Waals surface area contributed by atoms with Gasteiger partial charge in [0.15, 0.2) is 0 Å². The summed E-state index contributed by atoms with van der Waals surface area (Å²) in [5, 5.41) is 25.1. The number of aliphatic carboxylic acids is 3. The fraction of sp³-hybridized carbons (Fsp3) is 0.375. The molecule has 78 valence electrons. The summed E-state index contributed by atoms with van der Waals surface area (Å²) in [7, 11) is 0. The van der Waals surface area contributed by atoms with E-state index in [1.807, 2.05) is 0 Å². The summed E-state index contributed by atoms with van der Waals surface area (Å²) < 4.78 is 0. The van der Waals surface area contributed by atoms with Crippen LogP contribution in [-0.4, -0.2) is 33.2 Å². The predicted octanol–water partition coefficient (Wildman–Crippen LogP) is 0.337. The summed E-state index contributed by atoms with van der Waals surface area (Å²) in [5.41, 5.74) is 0.0902. The van der Waals surface area contributed by atoms with Gasteiger partial charge in [0.05, 0.1) is 19.3 Å². The molecule has 0 aliphatic heterocycles. The second-order valence-corrected chi connectivity index (χ2v) is 2.60. The quantitative estimate of drug-likeness (QED) is 0.535. The molecule has 0 bridgehead atoms. The average Bonchev–Trinajstić information content (AvgIpc) is 1.97. The molecule has 0 rings (SSSR count). The summed E-state index contributed by atoms with van der Waals surface area (Å²) in [5.74, 6) is -3.48. The topological polar surface area (TPSA) is 112 Å². The summed E-state index contributed by atoms with van der Waals surface area (Å²) >= 11 is 0. The molecule has 0 aromatic rings. The maximum absolute atomic E-state index is 10.3. The molecule has 0 aromatic heterocycles. The van der Waals surface area contributed by atoms with Crippen LogP contribution in [0.15, 0.2) is 11.6 Å². The Hall–Kier alpha value is -1.85. The van der Waals surface area contributed by atoms with Gasteiger partial charge in [0.1, 0.15) is 0 Å². The summed E-state index contributed by atoms with van der Waals surface area (Å²) in [4.78, 5) is 30.6. The number of hydrogen-bond donors (Lipinski definition) is 3. The highest BCUT2D eigenvalue weighted by atomic mass is 16.4. The largest absolute Gasteiger partial charge is 0.481 e. The second-order valence-electron chi connectivity index (χ2n) is 2.60. The van der Waals surface area contributed by atoms with Gasteiger partial charge in [0.2, 0.25) is 0 Å². The molecule has 0 spiro atoms. The van der Waals surface area contributed by atoms with Crippen LogP contribution in [0.25, 0.3) is 0 Å². The Kier molecular flexibility index (Phi) is 4.98. The maximum Gasteiger partial charge on any atom is 0.307 e. The molecule has 0 saturated carbocycles. The van der Waals surface area contributed by atoms with Crippen molar-refractivity contribution >= 4 is 17.9 Å². The van der Waals surface area contributed by atoms with Crippen molar-refractivity contribution in [3.05, 3.63) is 11.6 Å². The molecule has 0 radical (unpaired) electrons. The van der Waals surface area contributed by atoms with E-state index in [-0.39, 0.29) is 12.0 Å². The average molecular weight is 202 g/mol. The van der Waals surface area contributed by atoms with Crippen molar-refractivity contribution in [2.75, 3.05) is 0 Å². The first-order valence-electron chi connectivity index (χ1n) is 3.75. The minimum absolute atomic E-state index is 0.0902. The van der Waals surface area contributed by atoms with Gasteiger partial charge in [-0.1, -0.05) is 11.6 Å². The molecule has 0 saturated heterocycles. The third-order valence-electron chi connectivity index (χ3n) is 1.32. The Morgan fingerprint density at radius 1 is 0.857 bits per heavy atom. The van der Waals surface area contributed by atoms with E-state index in [1.165, 1.54) is 0 Å². The van der Waals surface area contributed by atoms with Crippen LogP contribution in [-0.2, 0) is 14.4 Å². The lowest BCUT2D eigenvalue weighted by Crippen LogP contribution is -2.04. The normalized spacial score (nSPS) is 9.14. The number of hydrogen-bond acceptors (Lipinski definition) is 3. The highest BCUT2D eigenvalue weighted by Gasteiger charge is 2.08. The fourth-order valence-electron chi connectivity index (χ4n) is 0.827. The molecule has 14 heavy (non-hydrogen) atoms. The number of carboxylic acids is 3. The van der Waals surface area contributed by atoms with Gasteiger partial charge in [-0.3, -0.25) is 14.4 Å². The Morgan fingerprint density at radius 2 is 1.29 bits per heavy atom. The first-order chi connectivity index (χ1) is 6.41. The van der Waals surface area contributed by atoms with Crippen molar-refractivity contribution < 1.29 is 29.7 Å². The lowest BCUT2D eigenvalue weighted by Gasteiger charge is -1.99. The van der Waals surface area contributed by atoms with Crippen molar-refractivity contribution in [2.45, 2.75) is 19.3 Å². The van der Waals surface area contributed by atoms with Gasteiger partial charge in [0, 0.05) is 0 Å². The molecule has 3 N–H and O–H groups in total. The van der Waals surface area contributed by atoms with Gasteiger partial charge < -0.3 is 15.3 Å². The highest BCUT2D eigenvalue weighted by Crippen LogP contribution is 2.08. The van der Waals surface area contributed by atoms with Gasteiger partial charge in [0.25, 0.3) is 0 Å². The predicted molar refractivity (Wildman–Crippen MR) is 44.8 cm³/mol. The van der Waals surface area contributed by atoms with Crippen molar-refractivity contribution in [1.29, 1.82) is 0 Å². The van der Waals surface area contributed by atoms with Crippen molar-refractivity contribution in [2.24, 2.45) is 0 Å². The number of carbonyl (C=O) groups is 3. The van der Waals surface area contributed by atoms with Gasteiger partial charge in [-0.25, -0.2) is 0 Å². The zero-order valence-corrected chi connectivity index (χ0v) is 7.27. The molecule has 0 atom stereocenters. The molecule has 6 heteroatoms. The van der Waals surface area contributed by atoms with E-state index < -0.39 is 30.7 Å². The van der Waals surface area contributed by atoms with Crippen LogP contribution in [0.1, 0.15) is 19.3 Å². The molecule has 0 fully saturated rings. The van der Waals surface area contributed by atoms with E-state index in [2.05, 4.69) is 0 Å². The highest BCUT2D eigenvalue weighted by molar-refractivity contribution is 5.76. The Balaban J connectivity index is 4.37. The minimum atomic E-state index is -1.18. The van der Waals surface area contributed by atoms with Gasteiger partial charge in [-0.15, -0.1) is 0 Å². The Bertz CT molecular complexity index is 260. The molecule has 0 amide bonds. The van der Waals surface area contributed by atoms with Crippen LogP contribution in [0.4, 0.5) is 0 Å². The van der Waals surface area contributed by atoms with Crippen LogP contribution in [0.2, 0.25) is 0 Å². The Labute approximate surface area is 79.5 Å². The molecule has 0 aliphatic rings. The molecular weight excluding hydrogens is 192 g/mol. The van der Waals surface area contributed by atoms with Crippen LogP contribution >= 0.6 is 0 Å². The van der Waals surface area contributed by atoms with Crippen molar-refractivity contribution in [3.8, 4) is 0 Å². The van der Waals surface area contributed by atoms with Crippen LogP contribution < -0.4 is 0 Å². The molecule has 0 aliphatic carbocycles. The lowest BCUT2D eigenvalue weighted by molar-refractivity contribution is -0.138. The molecule has 0 aromatic carbocycles. The molecule has 6 nitrogen and oxygen atoms in total. The SMILES string of the molecule is O=C(O)CC=C(CC(=O)O)CC(=O)O. The van der Waals surface area contributed by atoms with Gasteiger partial charge in [-0.05, 0) is 0 Å². The minimum Gasteiger partial charge on any atom is -0.481 e. The van der Waals surface area contributed by atoms with Crippen LogP contribution in [0.5, 0.6) is 0 Å². The number of carboxylic acid groups (broad SMARTS) is 3. The summed E-state index contributed by atoms with van der Waals surface area (Å²) in [6.45, 7) is 0. The molecule has 0 heterocycles. The third kappa shape index (κ3) is 6.84. The van der Waals surface area contributed by atoms with Crippen LogP contribution in [0, 0.1) is 0 Å². The standard InChI is InChI=1S/C8H10O6/c9-6(10)2-1-5(3-7(11)12)4-8(13)14/h1H,2-4H2,(H,9,10)(H,11,12)(H,13,14). The first-order valence-corrected chi connectivity index (χ1v) is 3.75. The monoisotopic (exact) mass is 202 g/mol. The van der Waals surface area contributed by atoms with Crippen molar-refractivity contribution in [3.63, 3.8) is 0 Å². The number of rotatable bonds is 6. The van der Waals surface area contributed by atoms with E-state index in [1.54, 1.807) is 0 Å². The second kappa shape index (κ2) is 5.74. The fourth-order valence-corrected chi connectivity index (χ4v) is 0.827. The first kappa shape index (κ1) is 12.2. The maximum atomic E-state index is 10.3. The summed E-state index contributed by atoms with van der Waals surface area (Å²) in [6, 6.07) is 0. The summed E-state index contributed by atoms with van der Waals surface area (Å²) in [6.07, 6.45) is -0.139. The smallest absolute Gasteiger partial charge is 0.307 e. The third-order valence-corrected chi connectivity index (χ3v) is 1.32. The van der Waals surface area contributed by atoms with E-state index >= 15 is 0 Å². The molecule has 0 unspecified atom stereocenters. The molecular formula is C8H10O6. The van der Waals surface area contributed by atoms with E-state index in [9.17, 15) is 14.4 Å². The van der Waals surface area contributed by atoms with Crippen molar-refractivity contribution in [1.82, 2.24) is 0 Å². The van der Waals surface area contributed by atoms with Crippen LogP contribution in [0.3, 0.4) is 0 Å². The van der Waals surface area contributed by atoms with E-state index in [4.69, 9.17) is 15.3 Å².